The second-order valence-electron chi connectivity index (χ2n) is 6.83. The Bertz CT molecular complexity index is 779. The van der Waals surface area contributed by atoms with Gasteiger partial charge in [0.1, 0.15) is 18.2 Å². The molecule has 7 heteroatoms. The fraction of sp³-hybridized carbons (Fsp3) is 0.381. The van der Waals surface area contributed by atoms with Gasteiger partial charge in [-0.3, -0.25) is 14.6 Å². The van der Waals surface area contributed by atoms with Gasteiger partial charge in [-0.05, 0) is 43.3 Å². The Morgan fingerprint density at radius 3 is 2.50 bits per heavy atom. The van der Waals surface area contributed by atoms with Crippen molar-refractivity contribution in [3.05, 3.63) is 59.4 Å². The van der Waals surface area contributed by atoms with Gasteiger partial charge in [-0.2, -0.15) is 0 Å². The van der Waals surface area contributed by atoms with Crippen molar-refractivity contribution >= 4 is 23.2 Å². The maximum atomic E-state index is 13.7. The smallest absolute Gasteiger partial charge is 0.241 e. The Hall–Kier alpha value is -2.15. The summed E-state index contributed by atoms with van der Waals surface area (Å²) in [5.41, 5.74) is 0.220. The zero-order valence-corrected chi connectivity index (χ0v) is 16.7. The van der Waals surface area contributed by atoms with Gasteiger partial charge in [-0.1, -0.05) is 23.7 Å². The fourth-order valence-corrected chi connectivity index (χ4v) is 3.29. The largest absolute Gasteiger partial charge is 0.492 e. The molecule has 1 atom stereocenters. The number of hydrogen-bond donors (Lipinski definition) is 1. The molecule has 5 nitrogen and oxygen atoms in total. The van der Waals surface area contributed by atoms with Gasteiger partial charge >= 0.3 is 0 Å². The predicted molar refractivity (Wildman–Crippen MR) is 109 cm³/mol. The number of carbonyl (C=O) groups excluding carboxylic acids is 1. The van der Waals surface area contributed by atoms with Crippen LogP contribution in [-0.2, 0) is 4.79 Å². The lowest BCUT2D eigenvalue weighted by atomic mass is 10.2. The number of halogens is 2. The third kappa shape index (κ3) is 5.67. The number of rotatable bonds is 7. The number of nitrogens with zero attached hydrogens (tertiary/aromatic N) is 2. The minimum Gasteiger partial charge on any atom is -0.492 e. The van der Waals surface area contributed by atoms with Crippen molar-refractivity contribution in [3.8, 4) is 5.75 Å². The molecule has 0 saturated carbocycles. The Kier molecular flexibility index (Phi) is 7.25. The SMILES string of the molecule is C[C@H](C(=O)Nc1ccccc1F)N1CCN(CCOc2ccc(Cl)cc2)CC1. The van der Waals surface area contributed by atoms with Crippen LogP contribution in [0.2, 0.25) is 5.02 Å². The molecule has 0 radical (unpaired) electrons. The van der Waals surface area contributed by atoms with Gasteiger partial charge in [0.15, 0.2) is 0 Å². The van der Waals surface area contributed by atoms with Crippen LogP contribution in [0.25, 0.3) is 0 Å². The third-order valence-corrected chi connectivity index (χ3v) is 5.21. The van der Waals surface area contributed by atoms with Crippen LogP contribution in [0.5, 0.6) is 5.75 Å². The summed E-state index contributed by atoms with van der Waals surface area (Å²) in [7, 11) is 0. The van der Waals surface area contributed by atoms with Crippen LogP contribution in [0.1, 0.15) is 6.92 Å². The van der Waals surface area contributed by atoms with Gasteiger partial charge in [0, 0.05) is 37.7 Å². The molecular weight excluding hydrogens is 381 g/mol. The molecule has 1 amide bonds. The highest BCUT2D eigenvalue weighted by molar-refractivity contribution is 6.30. The second kappa shape index (κ2) is 9.87. The van der Waals surface area contributed by atoms with Crippen LogP contribution in [0, 0.1) is 5.82 Å². The molecule has 150 valence electrons. The lowest BCUT2D eigenvalue weighted by Crippen LogP contribution is -2.53. The number of anilines is 1. The van der Waals surface area contributed by atoms with Crippen LogP contribution >= 0.6 is 11.6 Å². The molecule has 1 aliphatic rings. The van der Waals surface area contributed by atoms with Crippen molar-refractivity contribution < 1.29 is 13.9 Å². The first kappa shape index (κ1) is 20.6. The van der Waals surface area contributed by atoms with E-state index in [-0.39, 0.29) is 17.6 Å². The van der Waals surface area contributed by atoms with E-state index in [1.165, 1.54) is 6.07 Å². The van der Waals surface area contributed by atoms with Crippen molar-refractivity contribution in [1.29, 1.82) is 0 Å². The van der Waals surface area contributed by atoms with Gasteiger partial charge in [-0.15, -0.1) is 0 Å². The Labute approximate surface area is 170 Å². The van der Waals surface area contributed by atoms with Crippen LogP contribution < -0.4 is 10.1 Å². The second-order valence-corrected chi connectivity index (χ2v) is 7.26. The van der Waals surface area contributed by atoms with E-state index in [1.807, 2.05) is 31.2 Å². The summed E-state index contributed by atoms with van der Waals surface area (Å²) < 4.78 is 19.5. The van der Waals surface area contributed by atoms with E-state index in [0.717, 1.165) is 38.5 Å². The average Bonchev–Trinajstić information content (AvgIpc) is 2.71. The normalized spacial score (nSPS) is 16.5. The Morgan fingerprint density at radius 2 is 1.82 bits per heavy atom. The van der Waals surface area contributed by atoms with Gasteiger partial charge in [0.05, 0.1) is 11.7 Å². The number of nitrogens with one attached hydrogen (secondary N) is 1. The maximum absolute atomic E-state index is 13.7. The molecule has 0 spiro atoms. The molecule has 1 saturated heterocycles. The summed E-state index contributed by atoms with van der Waals surface area (Å²) in [6, 6.07) is 13.2. The highest BCUT2D eigenvalue weighted by atomic mass is 35.5. The number of hydrogen-bond acceptors (Lipinski definition) is 4. The van der Waals surface area contributed by atoms with Crippen molar-refractivity contribution in [2.24, 2.45) is 0 Å². The van der Waals surface area contributed by atoms with Crippen molar-refractivity contribution in [1.82, 2.24) is 9.80 Å². The molecular formula is C21H25ClFN3O2. The summed E-state index contributed by atoms with van der Waals surface area (Å²) in [4.78, 5) is 16.9. The molecule has 3 rings (SSSR count). The lowest BCUT2D eigenvalue weighted by Gasteiger charge is -2.37. The lowest BCUT2D eigenvalue weighted by molar-refractivity contribution is -0.121. The number of para-hydroxylation sites is 1. The van der Waals surface area contributed by atoms with Gasteiger partial charge < -0.3 is 10.1 Å². The van der Waals surface area contributed by atoms with E-state index >= 15 is 0 Å². The van der Waals surface area contributed by atoms with E-state index in [9.17, 15) is 9.18 Å². The Balaban J connectivity index is 1.39. The maximum Gasteiger partial charge on any atom is 0.241 e. The van der Waals surface area contributed by atoms with E-state index in [2.05, 4.69) is 15.1 Å². The average molecular weight is 406 g/mol. The zero-order chi connectivity index (χ0) is 19.9. The highest BCUT2D eigenvalue weighted by Crippen LogP contribution is 2.16. The zero-order valence-electron chi connectivity index (χ0n) is 15.9. The molecule has 1 heterocycles. The summed E-state index contributed by atoms with van der Waals surface area (Å²) >= 11 is 5.87. The van der Waals surface area contributed by atoms with E-state index in [4.69, 9.17) is 16.3 Å². The molecule has 0 bridgehead atoms. The third-order valence-electron chi connectivity index (χ3n) is 4.96. The first-order valence-corrected chi connectivity index (χ1v) is 9.81. The van der Waals surface area contributed by atoms with E-state index in [1.54, 1.807) is 18.2 Å². The number of benzene rings is 2. The van der Waals surface area contributed by atoms with Crippen LogP contribution in [0.15, 0.2) is 48.5 Å². The van der Waals surface area contributed by atoms with Gasteiger partial charge in [0.2, 0.25) is 5.91 Å². The standard InChI is InChI=1S/C21H25ClFN3O2/c1-16(21(27)24-20-5-3-2-4-19(20)23)26-12-10-25(11-13-26)14-15-28-18-8-6-17(22)7-9-18/h2-9,16H,10-15H2,1H3,(H,24,27)/t16-/m1/s1. The summed E-state index contributed by atoms with van der Waals surface area (Å²) in [6.07, 6.45) is 0. The molecule has 0 aliphatic carbocycles. The minimum absolute atomic E-state index is 0.190. The number of piperazine rings is 1. The topological polar surface area (TPSA) is 44.8 Å². The van der Waals surface area contributed by atoms with Crippen molar-refractivity contribution in [3.63, 3.8) is 0 Å². The Morgan fingerprint density at radius 1 is 1.14 bits per heavy atom. The van der Waals surface area contributed by atoms with Gasteiger partial charge in [0.25, 0.3) is 0 Å². The van der Waals surface area contributed by atoms with Crippen LogP contribution in [0.4, 0.5) is 10.1 Å². The van der Waals surface area contributed by atoms with Crippen molar-refractivity contribution in [2.45, 2.75) is 13.0 Å². The quantitative estimate of drug-likeness (QED) is 0.765. The fourth-order valence-electron chi connectivity index (χ4n) is 3.16. The molecule has 28 heavy (non-hydrogen) atoms. The first-order chi connectivity index (χ1) is 13.5. The van der Waals surface area contributed by atoms with Crippen molar-refractivity contribution in [2.75, 3.05) is 44.6 Å². The minimum atomic E-state index is -0.423. The predicted octanol–water partition coefficient (Wildman–Crippen LogP) is 3.50. The molecule has 1 aliphatic heterocycles. The number of carbonyl (C=O) groups is 1. The molecule has 1 N–H and O–H groups in total. The summed E-state index contributed by atoms with van der Waals surface area (Å²) in [5, 5.41) is 3.37. The molecule has 1 fully saturated rings. The molecule has 2 aromatic carbocycles. The monoisotopic (exact) mass is 405 g/mol. The summed E-state index contributed by atoms with van der Waals surface area (Å²) in [6.45, 7) is 6.58. The van der Waals surface area contributed by atoms with Gasteiger partial charge in [-0.25, -0.2) is 4.39 Å². The molecule has 0 unspecified atom stereocenters. The van der Waals surface area contributed by atoms with E-state index in [0.29, 0.717) is 11.6 Å². The highest BCUT2D eigenvalue weighted by Gasteiger charge is 2.25. The first-order valence-electron chi connectivity index (χ1n) is 9.43. The van der Waals surface area contributed by atoms with E-state index < -0.39 is 5.82 Å². The summed E-state index contributed by atoms with van der Waals surface area (Å²) in [5.74, 6) is 0.194. The van der Waals surface area contributed by atoms with Crippen LogP contribution in [0.3, 0.4) is 0 Å². The molecule has 0 aromatic heterocycles. The van der Waals surface area contributed by atoms with Crippen LogP contribution in [-0.4, -0.2) is 61.1 Å². The molecule has 2 aromatic rings. The number of ether oxygens (including phenoxy) is 1. The number of amides is 1.